The largest absolute Gasteiger partial charge is 0.376 e. The monoisotopic (exact) mass is 313 g/mol. The fourth-order valence-electron chi connectivity index (χ4n) is 3.66. The lowest BCUT2D eigenvalue weighted by atomic mass is 10.1. The van der Waals surface area contributed by atoms with Crippen molar-refractivity contribution in [1.29, 1.82) is 5.26 Å². The van der Waals surface area contributed by atoms with E-state index in [0.717, 1.165) is 50.3 Å². The van der Waals surface area contributed by atoms with Gasteiger partial charge in [0.15, 0.2) is 0 Å². The van der Waals surface area contributed by atoms with Gasteiger partial charge in [-0.1, -0.05) is 24.6 Å². The maximum atomic E-state index is 9.27. The van der Waals surface area contributed by atoms with Crippen molar-refractivity contribution >= 4 is 0 Å². The Hall–Kier alpha value is -1.41. The quantitative estimate of drug-likeness (QED) is 0.857. The van der Waals surface area contributed by atoms with Crippen LogP contribution >= 0.6 is 0 Å². The number of likely N-dealkylation sites (tertiary alicyclic amines) is 1. The predicted molar refractivity (Wildman–Crippen MR) is 91.1 cm³/mol. The summed E-state index contributed by atoms with van der Waals surface area (Å²) < 4.78 is 6.08. The first-order valence-electron chi connectivity index (χ1n) is 8.89. The fraction of sp³-hybridized carbons (Fsp3) is 0.632. The summed E-state index contributed by atoms with van der Waals surface area (Å²) in [6, 6.07) is 10.3. The molecule has 0 radical (unpaired) electrons. The molecule has 0 spiro atoms. The second kappa shape index (κ2) is 8.44. The second-order valence-corrected chi connectivity index (χ2v) is 6.71. The van der Waals surface area contributed by atoms with Crippen LogP contribution in [-0.4, -0.2) is 55.2 Å². The molecule has 3 rings (SSSR count). The minimum atomic E-state index is 0.296. The fourth-order valence-corrected chi connectivity index (χ4v) is 3.66. The van der Waals surface area contributed by atoms with Crippen molar-refractivity contribution in [2.75, 3.05) is 39.3 Å². The lowest BCUT2D eigenvalue weighted by molar-refractivity contribution is 0.0217. The van der Waals surface area contributed by atoms with E-state index >= 15 is 0 Å². The molecule has 0 amide bonds. The standard InChI is InChI=1S/C19H27N3O/c20-13-17-7-2-3-8-18(17)14-22-11-6-12-23-19(16-22)15-21-9-4-1-5-10-21/h2-3,7-8,19H,1,4-6,9-12,14-16H2/t19-/m0/s1. The molecule has 0 N–H and O–H groups in total. The van der Waals surface area contributed by atoms with Gasteiger partial charge in [-0.25, -0.2) is 0 Å². The van der Waals surface area contributed by atoms with Gasteiger partial charge in [-0.2, -0.15) is 5.26 Å². The molecule has 0 bridgehead atoms. The van der Waals surface area contributed by atoms with Crippen molar-refractivity contribution < 1.29 is 4.74 Å². The van der Waals surface area contributed by atoms with Gasteiger partial charge in [0.2, 0.25) is 0 Å². The van der Waals surface area contributed by atoms with E-state index in [1.54, 1.807) is 0 Å². The number of rotatable bonds is 4. The van der Waals surface area contributed by atoms with Crippen LogP contribution in [0.2, 0.25) is 0 Å². The SMILES string of the molecule is N#Cc1ccccc1CN1CCCO[C@@H](CN2CCCCC2)C1. The van der Waals surface area contributed by atoms with E-state index in [4.69, 9.17) is 4.74 Å². The van der Waals surface area contributed by atoms with Gasteiger partial charge in [0.05, 0.1) is 17.7 Å². The number of hydrogen-bond acceptors (Lipinski definition) is 4. The van der Waals surface area contributed by atoms with Crippen molar-refractivity contribution in [2.24, 2.45) is 0 Å². The van der Waals surface area contributed by atoms with Crippen molar-refractivity contribution in [3.63, 3.8) is 0 Å². The van der Waals surface area contributed by atoms with E-state index in [2.05, 4.69) is 21.9 Å². The normalized spacial score (nSPS) is 24.0. The van der Waals surface area contributed by atoms with Gasteiger partial charge in [-0.05, 0) is 44.0 Å². The van der Waals surface area contributed by atoms with E-state index in [9.17, 15) is 5.26 Å². The van der Waals surface area contributed by atoms with Gasteiger partial charge in [0.1, 0.15) is 0 Å². The summed E-state index contributed by atoms with van der Waals surface area (Å²) in [6.07, 6.45) is 5.40. The number of benzene rings is 1. The lowest BCUT2D eigenvalue weighted by Crippen LogP contribution is -2.42. The number of nitrogens with zero attached hydrogens (tertiary/aromatic N) is 3. The van der Waals surface area contributed by atoms with Crippen LogP contribution in [0.5, 0.6) is 0 Å². The van der Waals surface area contributed by atoms with Crippen molar-refractivity contribution in [3.8, 4) is 6.07 Å². The van der Waals surface area contributed by atoms with Crippen molar-refractivity contribution in [2.45, 2.75) is 38.3 Å². The molecule has 4 heteroatoms. The minimum absolute atomic E-state index is 0.296. The molecule has 4 nitrogen and oxygen atoms in total. The van der Waals surface area contributed by atoms with Gasteiger partial charge >= 0.3 is 0 Å². The second-order valence-electron chi connectivity index (χ2n) is 6.71. The molecule has 2 saturated heterocycles. The number of ether oxygens (including phenoxy) is 1. The van der Waals surface area contributed by atoms with Crippen LogP contribution in [0, 0.1) is 11.3 Å². The third-order valence-corrected chi connectivity index (χ3v) is 4.88. The Morgan fingerprint density at radius 3 is 2.65 bits per heavy atom. The van der Waals surface area contributed by atoms with Crippen LogP contribution in [0.4, 0.5) is 0 Å². The Kier molecular flexibility index (Phi) is 6.04. The smallest absolute Gasteiger partial charge is 0.0995 e. The van der Waals surface area contributed by atoms with Gasteiger partial charge < -0.3 is 9.64 Å². The molecule has 124 valence electrons. The van der Waals surface area contributed by atoms with E-state index in [1.807, 2.05) is 18.2 Å². The van der Waals surface area contributed by atoms with E-state index in [1.165, 1.54) is 32.4 Å². The highest BCUT2D eigenvalue weighted by Crippen LogP contribution is 2.16. The number of hydrogen-bond donors (Lipinski definition) is 0. The zero-order valence-corrected chi connectivity index (χ0v) is 13.9. The topological polar surface area (TPSA) is 39.5 Å². The first-order chi connectivity index (χ1) is 11.3. The summed E-state index contributed by atoms with van der Waals surface area (Å²) in [5, 5.41) is 9.27. The highest BCUT2D eigenvalue weighted by Gasteiger charge is 2.22. The summed E-state index contributed by atoms with van der Waals surface area (Å²) in [7, 11) is 0. The molecule has 1 aromatic rings. The summed E-state index contributed by atoms with van der Waals surface area (Å²) in [4.78, 5) is 5.01. The molecule has 1 aromatic carbocycles. The molecule has 2 fully saturated rings. The third kappa shape index (κ3) is 4.78. The van der Waals surface area contributed by atoms with Crippen LogP contribution in [0.25, 0.3) is 0 Å². The first-order valence-corrected chi connectivity index (χ1v) is 8.89. The minimum Gasteiger partial charge on any atom is -0.376 e. The van der Waals surface area contributed by atoms with Gasteiger partial charge in [-0.15, -0.1) is 0 Å². The predicted octanol–water partition coefficient (Wildman–Crippen LogP) is 2.64. The van der Waals surface area contributed by atoms with Crippen LogP contribution in [-0.2, 0) is 11.3 Å². The Balaban J connectivity index is 1.59. The zero-order valence-electron chi connectivity index (χ0n) is 13.9. The Morgan fingerprint density at radius 2 is 1.83 bits per heavy atom. The van der Waals surface area contributed by atoms with Crippen LogP contribution in [0.1, 0.15) is 36.8 Å². The molecule has 23 heavy (non-hydrogen) atoms. The summed E-state index contributed by atoms with van der Waals surface area (Å²) >= 11 is 0. The molecule has 2 heterocycles. The van der Waals surface area contributed by atoms with E-state index in [0.29, 0.717) is 6.10 Å². The van der Waals surface area contributed by atoms with Crippen LogP contribution in [0.15, 0.2) is 24.3 Å². The van der Waals surface area contributed by atoms with Gasteiger partial charge in [-0.3, -0.25) is 4.90 Å². The van der Waals surface area contributed by atoms with E-state index < -0.39 is 0 Å². The average Bonchev–Trinajstić information content (AvgIpc) is 2.81. The van der Waals surface area contributed by atoms with Crippen molar-refractivity contribution in [1.82, 2.24) is 9.80 Å². The van der Waals surface area contributed by atoms with Crippen molar-refractivity contribution in [3.05, 3.63) is 35.4 Å². The summed E-state index contributed by atoms with van der Waals surface area (Å²) in [6.45, 7) is 7.22. The molecular formula is C19H27N3O. The Bertz CT molecular complexity index is 534. The van der Waals surface area contributed by atoms with Gasteiger partial charge in [0.25, 0.3) is 0 Å². The Labute approximate surface area is 139 Å². The average molecular weight is 313 g/mol. The molecule has 0 aromatic heterocycles. The molecule has 2 aliphatic rings. The van der Waals surface area contributed by atoms with Gasteiger partial charge in [0, 0.05) is 32.8 Å². The van der Waals surface area contributed by atoms with Crippen LogP contribution < -0.4 is 0 Å². The summed E-state index contributed by atoms with van der Waals surface area (Å²) in [5.41, 5.74) is 1.93. The molecule has 0 aliphatic carbocycles. The highest BCUT2D eigenvalue weighted by atomic mass is 16.5. The Morgan fingerprint density at radius 1 is 1.04 bits per heavy atom. The maximum absolute atomic E-state index is 9.27. The number of nitriles is 1. The lowest BCUT2D eigenvalue weighted by Gasteiger charge is -2.31. The molecule has 0 unspecified atom stereocenters. The maximum Gasteiger partial charge on any atom is 0.0995 e. The summed E-state index contributed by atoms with van der Waals surface area (Å²) in [5.74, 6) is 0. The first kappa shape index (κ1) is 16.4. The third-order valence-electron chi connectivity index (χ3n) is 4.88. The van der Waals surface area contributed by atoms with Crippen LogP contribution in [0.3, 0.4) is 0 Å². The highest BCUT2D eigenvalue weighted by molar-refractivity contribution is 5.37. The molecule has 0 saturated carbocycles. The molecular weight excluding hydrogens is 286 g/mol. The number of piperidine rings is 1. The zero-order chi connectivity index (χ0) is 15.9. The molecule has 2 aliphatic heterocycles. The molecule has 1 atom stereocenters. The van der Waals surface area contributed by atoms with E-state index in [-0.39, 0.29) is 0 Å².